The van der Waals surface area contributed by atoms with Crippen molar-refractivity contribution in [3.05, 3.63) is 0 Å². The summed E-state index contributed by atoms with van der Waals surface area (Å²) in [5, 5.41) is 9.94. The van der Waals surface area contributed by atoms with Gasteiger partial charge in [0.2, 0.25) is 0 Å². The zero-order chi connectivity index (χ0) is 10.5. The van der Waals surface area contributed by atoms with Gasteiger partial charge in [-0.1, -0.05) is 34.1 Å². The monoisotopic (exact) mass is 186 g/mol. The van der Waals surface area contributed by atoms with Crippen molar-refractivity contribution in [3.63, 3.8) is 0 Å². The fourth-order valence-electron chi connectivity index (χ4n) is 1.62. The lowest BCUT2D eigenvalue weighted by atomic mass is 9.84. The molecule has 0 bridgehead atoms. The molecule has 0 aliphatic rings. The summed E-state index contributed by atoms with van der Waals surface area (Å²) < 4.78 is 0. The van der Waals surface area contributed by atoms with Crippen LogP contribution in [-0.2, 0) is 4.79 Å². The van der Waals surface area contributed by atoms with Crippen molar-refractivity contribution >= 4 is 5.78 Å². The topological polar surface area (TPSA) is 37.3 Å². The van der Waals surface area contributed by atoms with E-state index in [1.165, 1.54) is 0 Å². The van der Waals surface area contributed by atoms with Gasteiger partial charge >= 0.3 is 0 Å². The first kappa shape index (κ1) is 12.6. The molecule has 0 spiro atoms. The third kappa shape index (κ3) is 3.11. The van der Waals surface area contributed by atoms with Crippen molar-refractivity contribution in [2.75, 3.05) is 0 Å². The number of hydrogen-bond donors (Lipinski definition) is 1. The molecule has 0 aliphatic heterocycles. The van der Waals surface area contributed by atoms with Crippen molar-refractivity contribution in [3.8, 4) is 0 Å². The SMILES string of the molecule is CCCC(C)C(=O)C(O)(CC)CC. The smallest absolute Gasteiger partial charge is 0.167 e. The second-order valence-corrected chi connectivity index (χ2v) is 3.79. The molecule has 0 saturated heterocycles. The van der Waals surface area contributed by atoms with E-state index in [4.69, 9.17) is 0 Å². The highest BCUT2D eigenvalue weighted by Gasteiger charge is 2.34. The van der Waals surface area contributed by atoms with Gasteiger partial charge in [0, 0.05) is 5.92 Å². The van der Waals surface area contributed by atoms with Crippen LogP contribution in [0.5, 0.6) is 0 Å². The Kier molecular flexibility index (Phi) is 5.23. The van der Waals surface area contributed by atoms with E-state index < -0.39 is 5.60 Å². The maximum absolute atomic E-state index is 11.8. The third-order valence-corrected chi connectivity index (χ3v) is 2.80. The van der Waals surface area contributed by atoms with Crippen LogP contribution < -0.4 is 0 Å². The number of carbonyl (C=O) groups excluding carboxylic acids is 1. The quantitative estimate of drug-likeness (QED) is 0.692. The number of carbonyl (C=O) groups is 1. The summed E-state index contributed by atoms with van der Waals surface area (Å²) in [6.45, 7) is 7.68. The molecular weight excluding hydrogens is 164 g/mol. The Balaban J connectivity index is 4.37. The Morgan fingerprint density at radius 2 is 1.77 bits per heavy atom. The molecule has 0 aromatic heterocycles. The van der Waals surface area contributed by atoms with Crippen molar-refractivity contribution in [1.29, 1.82) is 0 Å². The summed E-state index contributed by atoms with van der Waals surface area (Å²) in [5.74, 6) is 0.00856. The average Bonchev–Trinajstić information content (AvgIpc) is 2.16. The molecule has 1 N–H and O–H groups in total. The van der Waals surface area contributed by atoms with Gasteiger partial charge < -0.3 is 5.11 Å². The van der Waals surface area contributed by atoms with Gasteiger partial charge in [0.1, 0.15) is 5.60 Å². The number of ketones is 1. The fourth-order valence-corrected chi connectivity index (χ4v) is 1.62. The first-order chi connectivity index (χ1) is 6.01. The van der Waals surface area contributed by atoms with E-state index in [1.807, 2.05) is 20.8 Å². The van der Waals surface area contributed by atoms with Crippen molar-refractivity contribution < 1.29 is 9.90 Å². The first-order valence-electron chi connectivity index (χ1n) is 5.28. The highest BCUT2D eigenvalue weighted by molar-refractivity contribution is 5.88. The summed E-state index contributed by atoms with van der Waals surface area (Å²) in [4.78, 5) is 11.8. The molecule has 2 nitrogen and oxygen atoms in total. The zero-order valence-electron chi connectivity index (χ0n) is 9.26. The lowest BCUT2D eigenvalue weighted by Crippen LogP contribution is -2.40. The number of hydrogen-bond acceptors (Lipinski definition) is 2. The number of aliphatic hydroxyl groups is 1. The van der Waals surface area contributed by atoms with Crippen LogP contribution in [0.15, 0.2) is 0 Å². The molecule has 0 amide bonds. The molecule has 1 unspecified atom stereocenters. The van der Waals surface area contributed by atoms with Crippen molar-refractivity contribution in [1.82, 2.24) is 0 Å². The minimum atomic E-state index is -1.07. The minimum absolute atomic E-state index is 0.00472. The molecular formula is C11H22O2. The van der Waals surface area contributed by atoms with Crippen LogP contribution in [0.2, 0.25) is 0 Å². The fraction of sp³-hybridized carbons (Fsp3) is 0.909. The Bertz CT molecular complexity index is 159. The number of Topliss-reactive ketones (excluding diaryl/α,β-unsaturated/α-hetero) is 1. The van der Waals surface area contributed by atoms with Gasteiger partial charge in [-0.2, -0.15) is 0 Å². The molecule has 0 rings (SSSR count). The highest BCUT2D eigenvalue weighted by atomic mass is 16.3. The largest absolute Gasteiger partial charge is 0.382 e. The molecule has 0 fully saturated rings. The van der Waals surface area contributed by atoms with E-state index in [-0.39, 0.29) is 11.7 Å². The maximum atomic E-state index is 11.8. The molecule has 2 heteroatoms. The predicted octanol–water partition coefficient (Wildman–Crippen LogP) is 2.54. The van der Waals surface area contributed by atoms with Crippen molar-refractivity contribution in [2.45, 2.75) is 59.0 Å². The number of rotatable bonds is 6. The summed E-state index contributed by atoms with van der Waals surface area (Å²) in [6.07, 6.45) is 2.92. The Morgan fingerprint density at radius 3 is 2.08 bits per heavy atom. The molecule has 13 heavy (non-hydrogen) atoms. The summed E-state index contributed by atoms with van der Waals surface area (Å²) in [5.41, 5.74) is -1.07. The van der Waals surface area contributed by atoms with Gasteiger partial charge in [0.25, 0.3) is 0 Å². The van der Waals surface area contributed by atoms with Crippen LogP contribution in [0.3, 0.4) is 0 Å². The lowest BCUT2D eigenvalue weighted by molar-refractivity contribution is -0.142. The van der Waals surface area contributed by atoms with Gasteiger partial charge in [-0.15, -0.1) is 0 Å². The molecule has 0 radical (unpaired) electrons. The van der Waals surface area contributed by atoms with E-state index in [2.05, 4.69) is 6.92 Å². The van der Waals surface area contributed by atoms with Crippen LogP contribution in [0, 0.1) is 5.92 Å². The lowest BCUT2D eigenvalue weighted by Gasteiger charge is -2.26. The second kappa shape index (κ2) is 5.38. The summed E-state index contributed by atoms with van der Waals surface area (Å²) >= 11 is 0. The van der Waals surface area contributed by atoms with Gasteiger partial charge in [0.05, 0.1) is 0 Å². The normalized spacial score (nSPS) is 14.2. The van der Waals surface area contributed by atoms with Crippen LogP contribution >= 0.6 is 0 Å². The van der Waals surface area contributed by atoms with Gasteiger partial charge in [-0.05, 0) is 19.3 Å². The first-order valence-corrected chi connectivity index (χ1v) is 5.28. The van der Waals surface area contributed by atoms with Crippen LogP contribution in [-0.4, -0.2) is 16.5 Å². The molecule has 0 aromatic carbocycles. The van der Waals surface area contributed by atoms with Crippen molar-refractivity contribution in [2.24, 2.45) is 5.92 Å². The van der Waals surface area contributed by atoms with Crippen LogP contribution in [0.25, 0.3) is 0 Å². The average molecular weight is 186 g/mol. The molecule has 0 aromatic rings. The van der Waals surface area contributed by atoms with Gasteiger partial charge in [0.15, 0.2) is 5.78 Å². The molecule has 0 heterocycles. The Morgan fingerprint density at radius 1 is 1.31 bits per heavy atom. The summed E-state index contributed by atoms with van der Waals surface area (Å²) in [6, 6.07) is 0. The zero-order valence-corrected chi connectivity index (χ0v) is 9.26. The predicted molar refractivity (Wildman–Crippen MR) is 54.6 cm³/mol. The molecule has 0 saturated carbocycles. The molecule has 1 atom stereocenters. The van der Waals surface area contributed by atoms with Gasteiger partial charge in [-0.25, -0.2) is 0 Å². The van der Waals surface area contributed by atoms with E-state index in [0.29, 0.717) is 12.8 Å². The van der Waals surface area contributed by atoms with Crippen LogP contribution in [0.1, 0.15) is 53.4 Å². The van der Waals surface area contributed by atoms with E-state index in [0.717, 1.165) is 12.8 Å². The third-order valence-electron chi connectivity index (χ3n) is 2.80. The van der Waals surface area contributed by atoms with E-state index in [1.54, 1.807) is 0 Å². The van der Waals surface area contributed by atoms with E-state index >= 15 is 0 Å². The van der Waals surface area contributed by atoms with Gasteiger partial charge in [-0.3, -0.25) is 4.79 Å². The minimum Gasteiger partial charge on any atom is -0.382 e. The maximum Gasteiger partial charge on any atom is 0.167 e. The molecule has 0 aliphatic carbocycles. The standard InChI is InChI=1S/C11H22O2/c1-5-8-9(4)10(12)11(13,6-2)7-3/h9,13H,5-8H2,1-4H3. The highest BCUT2D eigenvalue weighted by Crippen LogP contribution is 2.22. The Labute approximate surface area is 81.3 Å². The van der Waals surface area contributed by atoms with E-state index in [9.17, 15) is 9.90 Å². The molecule has 78 valence electrons. The summed E-state index contributed by atoms with van der Waals surface area (Å²) in [7, 11) is 0. The second-order valence-electron chi connectivity index (χ2n) is 3.79. The Hall–Kier alpha value is -0.370. The van der Waals surface area contributed by atoms with Crippen LogP contribution in [0.4, 0.5) is 0 Å².